The second-order valence-corrected chi connectivity index (χ2v) is 4.88. The molecular formula is C10H13N5OS. The van der Waals surface area contributed by atoms with Gasteiger partial charge in [-0.15, -0.1) is 11.3 Å². The van der Waals surface area contributed by atoms with Crippen LogP contribution in [0.25, 0.3) is 0 Å². The van der Waals surface area contributed by atoms with E-state index in [1.165, 1.54) is 4.68 Å². The number of aryl methyl sites for hydroxylation is 1. The van der Waals surface area contributed by atoms with E-state index in [0.29, 0.717) is 12.4 Å². The fourth-order valence-electron chi connectivity index (χ4n) is 1.34. The molecule has 90 valence electrons. The first-order valence-electron chi connectivity index (χ1n) is 5.10. The lowest BCUT2D eigenvalue weighted by Crippen LogP contribution is -2.27. The summed E-state index contributed by atoms with van der Waals surface area (Å²) in [5.74, 6) is 0.315. The number of hydrogen-bond acceptors (Lipinski definition) is 5. The second kappa shape index (κ2) is 4.96. The first kappa shape index (κ1) is 11.6. The van der Waals surface area contributed by atoms with Crippen molar-refractivity contribution < 1.29 is 4.79 Å². The van der Waals surface area contributed by atoms with E-state index in [0.717, 1.165) is 9.88 Å². The van der Waals surface area contributed by atoms with Gasteiger partial charge in [0.2, 0.25) is 5.91 Å². The molecule has 0 spiro atoms. The van der Waals surface area contributed by atoms with Crippen molar-refractivity contribution in [2.45, 2.75) is 20.0 Å². The summed E-state index contributed by atoms with van der Waals surface area (Å²) in [7, 11) is 0. The van der Waals surface area contributed by atoms with E-state index >= 15 is 0 Å². The van der Waals surface area contributed by atoms with E-state index in [2.05, 4.69) is 15.4 Å². The summed E-state index contributed by atoms with van der Waals surface area (Å²) < 4.78 is 1.50. The highest BCUT2D eigenvalue weighted by molar-refractivity contribution is 7.11. The van der Waals surface area contributed by atoms with Gasteiger partial charge in [0.15, 0.2) is 0 Å². The van der Waals surface area contributed by atoms with Crippen molar-refractivity contribution >= 4 is 23.1 Å². The number of nitrogens with two attached hydrogens (primary N) is 1. The fraction of sp³-hybridized carbons (Fsp3) is 0.300. The Morgan fingerprint density at radius 1 is 1.65 bits per heavy atom. The van der Waals surface area contributed by atoms with Gasteiger partial charge in [0, 0.05) is 17.3 Å². The summed E-state index contributed by atoms with van der Waals surface area (Å²) in [5.41, 5.74) is 5.45. The highest BCUT2D eigenvalue weighted by Gasteiger charge is 2.05. The number of thiazole rings is 1. The van der Waals surface area contributed by atoms with Crippen molar-refractivity contribution in [1.82, 2.24) is 20.1 Å². The average molecular weight is 251 g/mol. The number of anilines is 1. The third-order valence-corrected chi connectivity index (χ3v) is 3.01. The highest BCUT2D eigenvalue weighted by Crippen LogP contribution is 2.10. The Kier molecular flexibility index (Phi) is 3.38. The third kappa shape index (κ3) is 3.28. The van der Waals surface area contributed by atoms with Crippen LogP contribution in [0.15, 0.2) is 18.5 Å². The Morgan fingerprint density at radius 3 is 3.06 bits per heavy atom. The number of hydrogen-bond donors (Lipinski definition) is 2. The molecule has 2 rings (SSSR count). The number of carbonyl (C=O) groups is 1. The molecule has 0 bridgehead atoms. The van der Waals surface area contributed by atoms with Crippen LogP contribution in [0.2, 0.25) is 0 Å². The topological polar surface area (TPSA) is 85.8 Å². The zero-order valence-electron chi connectivity index (χ0n) is 9.38. The van der Waals surface area contributed by atoms with E-state index in [9.17, 15) is 4.79 Å². The maximum Gasteiger partial charge on any atom is 0.242 e. The normalized spacial score (nSPS) is 10.4. The van der Waals surface area contributed by atoms with Crippen molar-refractivity contribution in [1.29, 1.82) is 0 Å². The molecule has 0 atom stereocenters. The molecule has 1 amide bonds. The molecule has 17 heavy (non-hydrogen) atoms. The van der Waals surface area contributed by atoms with Crippen LogP contribution in [0, 0.1) is 6.92 Å². The van der Waals surface area contributed by atoms with Crippen LogP contribution in [0.5, 0.6) is 0 Å². The van der Waals surface area contributed by atoms with Crippen LogP contribution < -0.4 is 11.1 Å². The van der Waals surface area contributed by atoms with Crippen LogP contribution in [0.1, 0.15) is 9.88 Å². The predicted octanol–water partition coefficient (Wildman–Crippen LogP) is 0.547. The molecule has 0 saturated heterocycles. The summed E-state index contributed by atoms with van der Waals surface area (Å²) in [5, 5.41) is 7.73. The predicted molar refractivity (Wildman–Crippen MR) is 65.3 cm³/mol. The standard InChI is InChI=1S/C10H13N5OS/c1-7-12-4-8(17-7)5-13-10(16)6-15-3-2-9(11)14-15/h2-4H,5-6H2,1H3,(H2,11,14)(H,13,16). The van der Waals surface area contributed by atoms with Gasteiger partial charge in [-0.05, 0) is 13.0 Å². The summed E-state index contributed by atoms with van der Waals surface area (Å²) in [6.07, 6.45) is 3.44. The van der Waals surface area contributed by atoms with Gasteiger partial charge in [-0.3, -0.25) is 9.48 Å². The number of aromatic nitrogens is 3. The Morgan fingerprint density at radius 2 is 2.47 bits per heavy atom. The average Bonchev–Trinajstić information content (AvgIpc) is 2.85. The van der Waals surface area contributed by atoms with Crippen molar-refractivity contribution in [3.63, 3.8) is 0 Å². The van der Waals surface area contributed by atoms with Crippen LogP contribution in [-0.4, -0.2) is 20.7 Å². The molecule has 0 aliphatic carbocycles. The summed E-state index contributed by atoms with van der Waals surface area (Å²) in [6, 6.07) is 1.65. The number of rotatable bonds is 4. The molecule has 3 N–H and O–H groups in total. The summed E-state index contributed by atoms with van der Waals surface area (Å²) in [4.78, 5) is 16.7. The van der Waals surface area contributed by atoms with E-state index in [4.69, 9.17) is 5.73 Å². The molecule has 2 aromatic heterocycles. The van der Waals surface area contributed by atoms with Gasteiger partial charge in [-0.2, -0.15) is 5.10 Å². The van der Waals surface area contributed by atoms with E-state index in [1.807, 2.05) is 6.92 Å². The first-order valence-corrected chi connectivity index (χ1v) is 5.92. The molecule has 6 nitrogen and oxygen atoms in total. The molecule has 0 saturated carbocycles. The Balaban J connectivity index is 1.82. The molecule has 2 aromatic rings. The third-order valence-electron chi connectivity index (χ3n) is 2.10. The maximum atomic E-state index is 11.6. The lowest BCUT2D eigenvalue weighted by atomic mass is 10.5. The smallest absolute Gasteiger partial charge is 0.242 e. The fourth-order valence-corrected chi connectivity index (χ4v) is 2.08. The number of amides is 1. The SMILES string of the molecule is Cc1ncc(CNC(=O)Cn2ccc(N)n2)s1. The van der Waals surface area contributed by atoms with Crippen molar-refractivity contribution in [2.24, 2.45) is 0 Å². The van der Waals surface area contributed by atoms with Gasteiger partial charge in [0.05, 0.1) is 11.6 Å². The highest BCUT2D eigenvalue weighted by atomic mass is 32.1. The minimum Gasteiger partial charge on any atom is -0.382 e. The maximum absolute atomic E-state index is 11.6. The van der Waals surface area contributed by atoms with E-state index in [-0.39, 0.29) is 12.5 Å². The first-order chi connectivity index (χ1) is 8.13. The molecule has 0 radical (unpaired) electrons. The minimum absolute atomic E-state index is 0.0980. The monoisotopic (exact) mass is 251 g/mol. The molecule has 7 heteroatoms. The van der Waals surface area contributed by atoms with Gasteiger partial charge >= 0.3 is 0 Å². The van der Waals surface area contributed by atoms with E-state index < -0.39 is 0 Å². The lowest BCUT2D eigenvalue weighted by Gasteiger charge is -2.03. The molecule has 0 aliphatic rings. The Hall–Kier alpha value is -1.89. The van der Waals surface area contributed by atoms with Crippen molar-refractivity contribution in [2.75, 3.05) is 5.73 Å². The van der Waals surface area contributed by atoms with Gasteiger partial charge < -0.3 is 11.1 Å². The van der Waals surface area contributed by atoms with Crippen LogP contribution >= 0.6 is 11.3 Å². The minimum atomic E-state index is -0.0980. The number of carbonyl (C=O) groups excluding carboxylic acids is 1. The number of nitrogens with one attached hydrogen (secondary N) is 1. The van der Waals surface area contributed by atoms with Gasteiger partial charge in [0.25, 0.3) is 0 Å². The summed E-state index contributed by atoms with van der Waals surface area (Å²) >= 11 is 1.57. The largest absolute Gasteiger partial charge is 0.382 e. The number of nitrogen functional groups attached to an aromatic ring is 1. The molecule has 0 unspecified atom stereocenters. The second-order valence-electron chi connectivity index (χ2n) is 3.56. The quantitative estimate of drug-likeness (QED) is 0.830. The lowest BCUT2D eigenvalue weighted by molar-refractivity contribution is -0.122. The molecule has 2 heterocycles. The number of nitrogens with zero attached hydrogens (tertiary/aromatic N) is 3. The summed E-state index contributed by atoms with van der Waals surface area (Å²) in [6.45, 7) is 2.61. The Bertz CT molecular complexity index is 518. The Labute approximate surface area is 102 Å². The van der Waals surface area contributed by atoms with Crippen molar-refractivity contribution in [3.8, 4) is 0 Å². The van der Waals surface area contributed by atoms with Gasteiger partial charge in [0.1, 0.15) is 12.4 Å². The molecule has 0 aromatic carbocycles. The van der Waals surface area contributed by atoms with Crippen LogP contribution in [-0.2, 0) is 17.9 Å². The zero-order valence-corrected chi connectivity index (χ0v) is 10.2. The van der Waals surface area contributed by atoms with Gasteiger partial charge in [-0.1, -0.05) is 0 Å². The van der Waals surface area contributed by atoms with E-state index in [1.54, 1.807) is 29.8 Å². The molecular weight excluding hydrogens is 238 g/mol. The molecule has 0 fully saturated rings. The zero-order chi connectivity index (χ0) is 12.3. The van der Waals surface area contributed by atoms with Crippen molar-refractivity contribution in [3.05, 3.63) is 28.3 Å². The van der Waals surface area contributed by atoms with Crippen LogP contribution in [0.4, 0.5) is 5.82 Å². The molecule has 0 aliphatic heterocycles. The van der Waals surface area contributed by atoms with Gasteiger partial charge in [-0.25, -0.2) is 4.98 Å². The van der Waals surface area contributed by atoms with Crippen LogP contribution in [0.3, 0.4) is 0 Å².